The first-order valence-electron chi connectivity index (χ1n) is 6.00. The van der Waals surface area contributed by atoms with Crippen LogP contribution in [0.1, 0.15) is 5.56 Å². The van der Waals surface area contributed by atoms with Crippen LogP contribution in [-0.4, -0.2) is 26.8 Å². The molecule has 0 fully saturated rings. The number of nitrogens with zero attached hydrogens (tertiary/aromatic N) is 1. The van der Waals surface area contributed by atoms with Crippen LogP contribution in [0, 0.1) is 0 Å². The molecule has 2 rings (SSSR count). The van der Waals surface area contributed by atoms with Crippen molar-refractivity contribution in [2.24, 2.45) is 5.10 Å². The zero-order valence-electron chi connectivity index (χ0n) is 11.2. The predicted octanol–water partition coefficient (Wildman–Crippen LogP) is 1.71. The van der Waals surface area contributed by atoms with E-state index in [9.17, 15) is 13.5 Å². The molecular formula is C14H14N2O4S. The molecular weight excluding hydrogens is 292 g/mol. The predicted molar refractivity (Wildman–Crippen MR) is 79.0 cm³/mol. The van der Waals surface area contributed by atoms with Crippen molar-refractivity contribution in [1.82, 2.24) is 4.83 Å². The van der Waals surface area contributed by atoms with Crippen LogP contribution in [0.15, 0.2) is 58.5 Å². The number of benzene rings is 2. The van der Waals surface area contributed by atoms with Crippen molar-refractivity contribution in [2.45, 2.75) is 4.90 Å². The molecule has 0 saturated heterocycles. The van der Waals surface area contributed by atoms with Crippen molar-refractivity contribution in [3.63, 3.8) is 0 Å². The number of hydrazone groups is 1. The monoisotopic (exact) mass is 306 g/mol. The topological polar surface area (TPSA) is 88.0 Å². The summed E-state index contributed by atoms with van der Waals surface area (Å²) in [5, 5.41) is 13.2. The highest BCUT2D eigenvalue weighted by atomic mass is 32.2. The molecule has 0 radical (unpaired) electrons. The Morgan fingerprint density at radius 3 is 2.57 bits per heavy atom. The Hall–Kier alpha value is -2.54. The molecule has 2 aromatic carbocycles. The van der Waals surface area contributed by atoms with Crippen molar-refractivity contribution in [3.8, 4) is 11.5 Å². The second kappa shape index (κ2) is 6.27. The summed E-state index contributed by atoms with van der Waals surface area (Å²) in [5.41, 5.74) is 0.584. The number of hydrogen-bond donors (Lipinski definition) is 2. The summed E-state index contributed by atoms with van der Waals surface area (Å²) in [7, 11) is -2.26. The zero-order valence-corrected chi connectivity index (χ0v) is 12.0. The van der Waals surface area contributed by atoms with Crippen LogP contribution in [0.3, 0.4) is 0 Å². The third-order valence-electron chi connectivity index (χ3n) is 2.64. The summed E-state index contributed by atoms with van der Waals surface area (Å²) in [6.45, 7) is 0. The summed E-state index contributed by atoms with van der Waals surface area (Å²) < 4.78 is 28.8. The van der Waals surface area contributed by atoms with Gasteiger partial charge in [-0.15, -0.1) is 0 Å². The molecule has 7 heteroatoms. The summed E-state index contributed by atoms with van der Waals surface area (Å²) in [6, 6.07) is 12.5. The van der Waals surface area contributed by atoms with E-state index in [-0.39, 0.29) is 16.4 Å². The van der Waals surface area contributed by atoms with Gasteiger partial charge in [0.25, 0.3) is 10.0 Å². The van der Waals surface area contributed by atoms with E-state index in [2.05, 4.69) is 9.93 Å². The van der Waals surface area contributed by atoms with E-state index in [4.69, 9.17) is 4.74 Å². The van der Waals surface area contributed by atoms with Gasteiger partial charge >= 0.3 is 0 Å². The van der Waals surface area contributed by atoms with Gasteiger partial charge in [0.2, 0.25) is 0 Å². The molecule has 0 aliphatic carbocycles. The Morgan fingerprint density at radius 2 is 1.90 bits per heavy atom. The smallest absolute Gasteiger partial charge is 0.276 e. The molecule has 0 heterocycles. The molecule has 0 atom stereocenters. The number of aromatic hydroxyl groups is 1. The lowest BCUT2D eigenvalue weighted by Gasteiger charge is -2.04. The molecule has 2 N–H and O–H groups in total. The number of hydrogen-bond acceptors (Lipinski definition) is 5. The van der Waals surface area contributed by atoms with Gasteiger partial charge in [-0.2, -0.15) is 13.5 Å². The van der Waals surface area contributed by atoms with Crippen LogP contribution in [-0.2, 0) is 10.0 Å². The van der Waals surface area contributed by atoms with Crippen molar-refractivity contribution >= 4 is 16.2 Å². The SMILES string of the molecule is COc1cc(/C=N/NS(=O)(=O)c2ccccc2)ccc1O. The van der Waals surface area contributed by atoms with Crippen molar-refractivity contribution in [3.05, 3.63) is 54.1 Å². The van der Waals surface area contributed by atoms with E-state index in [0.717, 1.165) is 0 Å². The van der Waals surface area contributed by atoms with Crippen LogP contribution >= 0.6 is 0 Å². The molecule has 0 aliphatic heterocycles. The van der Waals surface area contributed by atoms with Gasteiger partial charge in [0.05, 0.1) is 18.2 Å². The lowest BCUT2D eigenvalue weighted by molar-refractivity contribution is 0.373. The van der Waals surface area contributed by atoms with Crippen LogP contribution in [0.4, 0.5) is 0 Å². The highest BCUT2D eigenvalue weighted by Crippen LogP contribution is 2.25. The maximum absolute atomic E-state index is 11.9. The molecule has 2 aromatic rings. The maximum Gasteiger partial charge on any atom is 0.276 e. The molecule has 6 nitrogen and oxygen atoms in total. The van der Waals surface area contributed by atoms with E-state index in [0.29, 0.717) is 5.56 Å². The number of rotatable bonds is 5. The van der Waals surface area contributed by atoms with Gasteiger partial charge in [-0.25, -0.2) is 4.83 Å². The van der Waals surface area contributed by atoms with E-state index in [1.54, 1.807) is 24.3 Å². The summed E-state index contributed by atoms with van der Waals surface area (Å²) >= 11 is 0. The minimum Gasteiger partial charge on any atom is -0.504 e. The molecule has 0 amide bonds. The van der Waals surface area contributed by atoms with Gasteiger partial charge in [-0.3, -0.25) is 0 Å². The van der Waals surface area contributed by atoms with E-state index >= 15 is 0 Å². The minimum absolute atomic E-state index is 0.000448. The van der Waals surface area contributed by atoms with Crippen molar-refractivity contribution in [2.75, 3.05) is 7.11 Å². The van der Waals surface area contributed by atoms with E-state index in [1.807, 2.05) is 0 Å². The Labute approximate surface area is 122 Å². The molecule has 0 aliphatic rings. The van der Waals surface area contributed by atoms with E-state index < -0.39 is 10.0 Å². The average Bonchev–Trinajstić information content (AvgIpc) is 2.49. The van der Waals surface area contributed by atoms with E-state index in [1.165, 1.54) is 37.6 Å². The Morgan fingerprint density at radius 1 is 1.19 bits per heavy atom. The number of ether oxygens (including phenoxy) is 1. The quantitative estimate of drug-likeness (QED) is 0.650. The van der Waals surface area contributed by atoms with Gasteiger partial charge in [0.1, 0.15) is 0 Å². The van der Waals surface area contributed by atoms with Gasteiger partial charge < -0.3 is 9.84 Å². The number of methoxy groups -OCH3 is 1. The summed E-state index contributed by atoms with van der Waals surface area (Å²) in [6.07, 6.45) is 1.32. The Kier molecular flexibility index (Phi) is 4.44. The standard InChI is InChI=1S/C14H14N2O4S/c1-20-14-9-11(7-8-13(14)17)10-15-16-21(18,19)12-5-3-2-4-6-12/h2-10,16-17H,1H3/b15-10+. The highest BCUT2D eigenvalue weighted by molar-refractivity contribution is 7.89. The Bertz CT molecular complexity index is 743. The number of phenols is 1. The van der Waals surface area contributed by atoms with Crippen molar-refractivity contribution < 1.29 is 18.3 Å². The first-order valence-corrected chi connectivity index (χ1v) is 7.48. The molecule has 0 aromatic heterocycles. The average molecular weight is 306 g/mol. The lowest BCUT2D eigenvalue weighted by atomic mass is 10.2. The van der Waals surface area contributed by atoms with Gasteiger partial charge in [0, 0.05) is 0 Å². The molecule has 110 valence electrons. The van der Waals surface area contributed by atoms with Gasteiger partial charge in [-0.05, 0) is 35.9 Å². The molecule has 0 spiro atoms. The maximum atomic E-state index is 11.9. The second-order valence-corrected chi connectivity index (χ2v) is 5.76. The molecule has 0 unspecified atom stereocenters. The zero-order chi connectivity index (χ0) is 15.3. The first kappa shape index (κ1) is 14.9. The largest absolute Gasteiger partial charge is 0.504 e. The molecule has 0 saturated carbocycles. The van der Waals surface area contributed by atoms with Crippen molar-refractivity contribution in [1.29, 1.82) is 0 Å². The number of nitrogens with one attached hydrogen (secondary N) is 1. The number of sulfonamides is 1. The van der Waals surface area contributed by atoms with Gasteiger partial charge in [-0.1, -0.05) is 18.2 Å². The van der Waals surface area contributed by atoms with Crippen LogP contribution in [0.5, 0.6) is 11.5 Å². The highest BCUT2D eigenvalue weighted by Gasteiger charge is 2.11. The third-order valence-corrected chi connectivity index (χ3v) is 3.88. The summed E-state index contributed by atoms with van der Waals surface area (Å²) in [5.74, 6) is 0.282. The van der Waals surface area contributed by atoms with Crippen LogP contribution < -0.4 is 9.57 Å². The molecule has 0 bridgehead atoms. The lowest BCUT2D eigenvalue weighted by Crippen LogP contribution is -2.18. The fourth-order valence-electron chi connectivity index (χ4n) is 1.60. The number of phenolic OH excluding ortho intramolecular Hbond substituents is 1. The molecule has 21 heavy (non-hydrogen) atoms. The Balaban J connectivity index is 2.12. The normalized spacial score (nSPS) is 11.5. The van der Waals surface area contributed by atoms with Crippen LogP contribution in [0.25, 0.3) is 0 Å². The van der Waals surface area contributed by atoms with Gasteiger partial charge in [0.15, 0.2) is 11.5 Å². The second-order valence-electron chi connectivity index (χ2n) is 4.10. The third kappa shape index (κ3) is 3.73. The first-order chi connectivity index (χ1) is 10.0. The minimum atomic E-state index is -3.68. The van der Waals surface area contributed by atoms with Crippen LogP contribution in [0.2, 0.25) is 0 Å². The summed E-state index contributed by atoms with van der Waals surface area (Å²) in [4.78, 5) is 2.24. The fourth-order valence-corrected chi connectivity index (χ4v) is 2.41. The fraction of sp³-hybridized carbons (Fsp3) is 0.0714.